The summed E-state index contributed by atoms with van der Waals surface area (Å²) in [6.07, 6.45) is 10.3. The molecule has 0 aromatic heterocycles. The maximum absolute atomic E-state index is 12.4. The maximum atomic E-state index is 12.4. The van der Waals surface area contributed by atoms with E-state index in [1.54, 1.807) is 24.3 Å². The SMILES string of the molecule is O=S(=O)(CCC=NC12CC3CC(CC(C3)C1)C2)c1ccc(Br)cc1. The molecular formula is C19H24BrNO2S. The molecule has 1 aromatic carbocycles. The van der Waals surface area contributed by atoms with Crippen LogP contribution in [0.5, 0.6) is 0 Å². The predicted octanol–water partition coefficient (Wildman–Crippen LogP) is 4.65. The van der Waals surface area contributed by atoms with Gasteiger partial charge in [0, 0.05) is 10.7 Å². The van der Waals surface area contributed by atoms with Crippen LogP contribution in [0.15, 0.2) is 38.6 Å². The number of nitrogens with zero attached hydrogens (tertiary/aromatic N) is 1. The van der Waals surface area contributed by atoms with Crippen molar-refractivity contribution < 1.29 is 8.42 Å². The van der Waals surface area contributed by atoms with Crippen LogP contribution in [0.25, 0.3) is 0 Å². The van der Waals surface area contributed by atoms with E-state index in [1.807, 2.05) is 6.21 Å². The molecule has 4 fully saturated rings. The summed E-state index contributed by atoms with van der Waals surface area (Å²) in [4.78, 5) is 5.33. The van der Waals surface area contributed by atoms with E-state index < -0.39 is 9.84 Å². The summed E-state index contributed by atoms with van der Waals surface area (Å²) in [6, 6.07) is 6.87. The molecular weight excluding hydrogens is 386 g/mol. The fourth-order valence-electron chi connectivity index (χ4n) is 5.45. The Morgan fingerprint density at radius 2 is 1.58 bits per heavy atom. The lowest BCUT2D eigenvalue weighted by atomic mass is 9.53. The van der Waals surface area contributed by atoms with Crippen molar-refractivity contribution in [2.45, 2.75) is 55.4 Å². The third-order valence-electron chi connectivity index (χ3n) is 6.06. The molecule has 0 heterocycles. The summed E-state index contributed by atoms with van der Waals surface area (Å²) in [5.41, 5.74) is 0.149. The molecule has 0 spiro atoms. The molecule has 0 amide bonds. The second-order valence-corrected chi connectivity index (χ2v) is 11.0. The number of halogens is 1. The van der Waals surface area contributed by atoms with Gasteiger partial charge in [-0.15, -0.1) is 0 Å². The predicted molar refractivity (Wildman–Crippen MR) is 100 cm³/mol. The van der Waals surface area contributed by atoms with E-state index in [2.05, 4.69) is 15.9 Å². The molecule has 0 unspecified atom stereocenters. The Morgan fingerprint density at radius 1 is 1.04 bits per heavy atom. The largest absolute Gasteiger partial charge is 0.291 e. The Hall–Kier alpha value is -0.680. The van der Waals surface area contributed by atoms with Gasteiger partial charge in [0.2, 0.25) is 0 Å². The molecule has 5 rings (SSSR count). The minimum atomic E-state index is -3.22. The van der Waals surface area contributed by atoms with Crippen LogP contribution >= 0.6 is 15.9 Å². The van der Waals surface area contributed by atoms with E-state index in [4.69, 9.17) is 4.99 Å². The van der Waals surface area contributed by atoms with Crippen LogP contribution in [0.4, 0.5) is 0 Å². The first-order valence-electron chi connectivity index (χ1n) is 8.96. The van der Waals surface area contributed by atoms with Gasteiger partial charge in [-0.25, -0.2) is 8.42 Å². The van der Waals surface area contributed by atoms with Crippen molar-refractivity contribution in [2.75, 3.05) is 5.75 Å². The fourth-order valence-corrected chi connectivity index (χ4v) is 6.92. The van der Waals surface area contributed by atoms with Crippen molar-refractivity contribution in [1.82, 2.24) is 0 Å². The summed E-state index contributed by atoms with van der Waals surface area (Å²) in [6.45, 7) is 0. The highest BCUT2D eigenvalue weighted by Crippen LogP contribution is 2.57. The van der Waals surface area contributed by atoms with Gasteiger partial charge in [0.25, 0.3) is 0 Å². The van der Waals surface area contributed by atoms with Gasteiger partial charge in [0.05, 0.1) is 16.2 Å². The Balaban J connectivity index is 1.38. The molecule has 1 aromatic rings. The van der Waals surface area contributed by atoms with E-state index in [-0.39, 0.29) is 11.3 Å². The second kappa shape index (κ2) is 6.24. The first-order valence-corrected chi connectivity index (χ1v) is 11.4. The molecule has 0 aliphatic heterocycles. The molecule has 4 bridgehead atoms. The number of rotatable bonds is 5. The quantitative estimate of drug-likeness (QED) is 0.664. The molecule has 4 saturated carbocycles. The number of sulfone groups is 1. The summed E-state index contributed by atoms with van der Waals surface area (Å²) in [5.74, 6) is 2.77. The summed E-state index contributed by atoms with van der Waals surface area (Å²) >= 11 is 3.34. The molecule has 0 atom stereocenters. The zero-order valence-electron chi connectivity index (χ0n) is 13.8. The molecule has 24 heavy (non-hydrogen) atoms. The third-order valence-corrected chi connectivity index (χ3v) is 8.35. The van der Waals surface area contributed by atoms with Crippen LogP contribution < -0.4 is 0 Å². The first-order chi connectivity index (χ1) is 11.4. The minimum Gasteiger partial charge on any atom is -0.291 e. The van der Waals surface area contributed by atoms with Gasteiger partial charge in [0.1, 0.15) is 0 Å². The highest BCUT2D eigenvalue weighted by atomic mass is 79.9. The zero-order chi connectivity index (χ0) is 16.8. The van der Waals surface area contributed by atoms with E-state index in [0.717, 1.165) is 22.2 Å². The molecule has 4 aliphatic rings. The maximum Gasteiger partial charge on any atom is 0.178 e. The average Bonchev–Trinajstić information content (AvgIpc) is 2.51. The van der Waals surface area contributed by atoms with Gasteiger partial charge in [0.15, 0.2) is 9.84 Å². The number of hydrogen-bond donors (Lipinski definition) is 0. The summed E-state index contributed by atoms with van der Waals surface area (Å²) in [7, 11) is -3.22. The van der Waals surface area contributed by atoms with Gasteiger partial charge >= 0.3 is 0 Å². The highest BCUT2D eigenvalue weighted by molar-refractivity contribution is 9.10. The van der Waals surface area contributed by atoms with Crippen molar-refractivity contribution in [3.05, 3.63) is 28.7 Å². The van der Waals surface area contributed by atoms with Crippen LogP contribution in [0.3, 0.4) is 0 Å². The van der Waals surface area contributed by atoms with Gasteiger partial charge in [-0.05, 0) is 87.0 Å². The molecule has 130 valence electrons. The number of aliphatic imine (C=N–C) groups is 1. The Bertz CT molecular complexity index is 704. The van der Waals surface area contributed by atoms with E-state index in [9.17, 15) is 8.42 Å². The van der Waals surface area contributed by atoms with Crippen LogP contribution in [0, 0.1) is 17.8 Å². The lowest BCUT2D eigenvalue weighted by Crippen LogP contribution is -2.49. The van der Waals surface area contributed by atoms with Crippen molar-refractivity contribution in [3.8, 4) is 0 Å². The molecule has 3 nitrogen and oxygen atoms in total. The van der Waals surface area contributed by atoms with E-state index >= 15 is 0 Å². The van der Waals surface area contributed by atoms with Crippen LogP contribution in [-0.4, -0.2) is 25.9 Å². The topological polar surface area (TPSA) is 46.5 Å². The van der Waals surface area contributed by atoms with Gasteiger partial charge in [-0.2, -0.15) is 0 Å². The van der Waals surface area contributed by atoms with Crippen LogP contribution in [-0.2, 0) is 9.84 Å². The smallest absolute Gasteiger partial charge is 0.178 e. The Kier molecular flexibility index (Phi) is 4.36. The zero-order valence-corrected chi connectivity index (χ0v) is 16.2. The lowest BCUT2D eigenvalue weighted by Gasteiger charge is -2.55. The second-order valence-electron chi connectivity index (χ2n) is 8.02. The fraction of sp³-hybridized carbons (Fsp3) is 0.632. The highest BCUT2D eigenvalue weighted by Gasteiger charge is 2.50. The molecule has 0 saturated heterocycles. The lowest BCUT2D eigenvalue weighted by molar-refractivity contribution is 0.00186. The van der Waals surface area contributed by atoms with Crippen LogP contribution in [0.1, 0.15) is 44.9 Å². The normalized spacial score (nSPS) is 35.0. The number of hydrogen-bond acceptors (Lipinski definition) is 3. The minimum absolute atomic E-state index is 0.143. The van der Waals surface area contributed by atoms with Gasteiger partial charge < -0.3 is 0 Å². The Labute approximate surface area is 153 Å². The van der Waals surface area contributed by atoms with Gasteiger partial charge in [-0.1, -0.05) is 15.9 Å². The number of benzene rings is 1. The molecule has 0 radical (unpaired) electrons. The average molecular weight is 410 g/mol. The molecule has 4 aliphatic carbocycles. The van der Waals surface area contributed by atoms with Crippen molar-refractivity contribution in [2.24, 2.45) is 22.7 Å². The van der Waals surface area contributed by atoms with Crippen molar-refractivity contribution in [1.29, 1.82) is 0 Å². The molecule has 0 N–H and O–H groups in total. The molecule has 5 heteroatoms. The Morgan fingerprint density at radius 3 is 2.12 bits per heavy atom. The summed E-state index contributed by atoms with van der Waals surface area (Å²) < 4.78 is 25.7. The summed E-state index contributed by atoms with van der Waals surface area (Å²) in [5, 5.41) is 0. The van der Waals surface area contributed by atoms with Crippen molar-refractivity contribution in [3.63, 3.8) is 0 Å². The van der Waals surface area contributed by atoms with Gasteiger partial charge in [-0.3, -0.25) is 4.99 Å². The standard InChI is InChI=1S/C19H24BrNO2S/c20-17-2-4-18(5-3-17)24(22,23)7-1-6-21-19-11-14-8-15(12-19)10-16(9-14)13-19/h2-6,14-16H,1,7-13H2. The van der Waals surface area contributed by atoms with Crippen molar-refractivity contribution >= 4 is 32.0 Å². The van der Waals surface area contributed by atoms with E-state index in [1.165, 1.54) is 38.5 Å². The van der Waals surface area contributed by atoms with Crippen LogP contribution in [0.2, 0.25) is 0 Å². The third kappa shape index (κ3) is 3.34. The first kappa shape index (κ1) is 16.8. The monoisotopic (exact) mass is 409 g/mol. The van der Waals surface area contributed by atoms with E-state index in [0.29, 0.717) is 11.3 Å².